The fraction of sp³-hybridized carbons (Fsp3) is 0.889. The zero-order valence-corrected chi connectivity index (χ0v) is 14.5. The third-order valence-electron chi connectivity index (χ3n) is 6.12. The first-order valence-electron chi connectivity index (χ1n) is 8.78. The Balaban J connectivity index is 3.50. The Hall–Kier alpha value is -1.06. The van der Waals surface area contributed by atoms with E-state index in [1.54, 1.807) is 0 Å². The molecule has 1 fully saturated rings. The second kappa shape index (κ2) is 7.47. The first kappa shape index (κ1) is 19.0. The van der Waals surface area contributed by atoms with Crippen LogP contribution in [0.3, 0.4) is 0 Å². The van der Waals surface area contributed by atoms with Crippen LogP contribution in [0, 0.1) is 22.7 Å². The Bertz CT molecular complexity index is 368. The van der Waals surface area contributed by atoms with Crippen molar-refractivity contribution < 1.29 is 19.8 Å². The van der Waals surface area contributed by atoms with Gasteiger partial charge in [0, 0.05) is 0 Å². The quantitative estimate of drug-likeness (QED) is 0.688. The number of rotatable bonds is 8. The zero-order chi connectivity index (χ0) is 17.0. The van der Waals surface area contributed by atoms with Crippen molar-refractivity contribution in [2.75, 3.05) is 0 Å². The van der Waals surface area contributed by atoms with Crippen LogP contribution in [0.2, 0.25) is 0 Å². The average Bonchev–Trinajstić information content (AvgIpc) is 2.46. The second-order valence-corrected chi connectivity index (χ2v) is 7.14. The highest BCUT2D eigenvalue weighted by Crippen LogP contribution is 2.61. The summed E-state index contributed by atoms with van der Waals surface area (Å²) in [6, 6.07) is 0. The molecule has 4 atom stereocenters. The van der Waals surface area contributed by atoms with Gasteiger partial charge < -0.3 is 10.2 Å². The lowest BCUT2D eigenvalue weighted by Crippen LogP contribution is -2.61. The molecule has 0 aromatic carbocycles. The van der Waals surface area contributed by atoms with Crippen LogP contribution in [0.25, 0.3) is 0 Å². The van der Waals surface area contributed by atoms with Gasteiger partial charge in [-0.25, -0.2) is 0 Å². The molecule has 0 aliphatic heterocycles. The minimum absolute atomic E-state index is 0.0966. The molecule has 0 heterocycles. The highest BCUT2D eigenvalue weighted by molar-refractivity contribution is 5.87. The van der Waals surface area contributed by atoms with Crippen LogP contribution in [-0.2, 0) is 9.59 Å². The van der Waals surface area contributed by atoms with Crippen LogP contribution in [0.5, 0.6) is 0 Å². The zero-order valence-electron chi connectivity index (χ0n) is 14.5. The molecule has 0 aromatic rings. The van der Waals surface area contributed by atoms with Crippen molar-refractivity contribution in [3.8, 4) is 0 Å². The lowest BCUT2D eigenvalue weighted by atomic mass is 9.45. The Morgan fingerprint density at radius 3 is 1.41 bits per heavy atom. The maximum atomic E-state index is 12.4. The molecule has 0 saturated heterocycles. The minimum atomic E-state index is -1.14. The van der Waals surface area contributed by atoms with E-state index in [4.69, 9.17) is 0 Å². The predicted octanol–water partition coefficient (Wildman–Crippen LogP) is 4.57. The summed E-state index contributed by atoms with van der Waals surface area (Å²) >= 11 is 0. The van der Waals surface area contributed by atoms with E-state index in [0.717, 1.165) is 38.5 Å². The van der Waals surface area contributed by atoms with Gasteiger partial charge >= 0.3 is 11.9 Å². The number of aliphatic carboxylic acids is 2. The van der Waals surface area contributed by atoms with Crippen molar-refractivity contribution >= 4 is 11.9 Å². The van der Waals surface area contributed by atoms with E-state index in [0.29, 0.717) is 12.8 Å². The molecule has 0 spiro atoms. The molecule has 1 aliphatic rings. The van der Waals surface area contributed by atoms with Gasteiger partial charge in [0.15, 0.2) is 0 Å². The lowest BCUT2D eigenvalue weighted by Gasteiger charge is -2.55. The van der Waals surface area contributed by atoms with E-state index in [9.17, 15) is 19.8 Å². The molecule has 4 nitrogen and oxygen atoms in total. The van der Waals surface area contributed by atoms with Crippen molar-refractivity contribution in [1.29, 1.82) is 0 Å². The van der Waals surface area contributed by atoms with E-state index < -0.39 is 22.8 Å². The van der Waals surface area contributed by atoms with Crippen molar-refractivity contribution in [1.82, 2.24) is 0 Å². The highest BCUT2D eigenvalue weighted by Gasteiger charge is 2.66. The molecule has 22 heavy (non-hydrogen) atoms. The van der Waals surface area contributed by atoms with E-state index in [-0.39, 0.29) is 11.8 Å². The van der Waals surface area contributed by atoms with E-state index >= 15 is 0 Å². The molecule has 1 saturated carbocycles. The molecule has 4 heteroatoms. The molecular weight excluding hydrogens is 280 g/mol. The Morgan fingerprint density at radius 2 is 1.18 bits per heavy atom. The minimum Gasteiger partial charge on any atom is -0.481 e. The van der Waals surface area contributed by atoms with E-state index in [1.165, 1.54) is 0 Å². The lowest BCUT2D eigenvalue weighted by molar-refractivity contribution is -0.197. The standard InChI is InChI=1S/C18H32O4/c1-5-7-11-17(15(19)20)13(3)9-10-14(4)18(17,16(21)22)12-8-6-2/h13-14H,5-12H2,1-4H3,(H,19,20)(H,21,22). The fourth-order valence-electron chi connectivity index (χ4n) is 4.74. The van der Waals surface area contributed by atoms with E-state index in [1.807, 2.05) is 27.7 Å². The van der Waals surface area contributed by atoms with Crippen molar-refractivity contribution in [3.63, 3.8) is 0 Å². The van der Waals surface area contributed by atoms with Gasteiger partial charge in [-0.1, -0.05) is 53.4 Å². The Morgan fingerprint density at radius 1 is 0.864 bits per heavy atom. The van der Waals surface area contributed by atoms with Crippen molar-refractivity contribution in [3.05, 3.63) is 0 Å². The van der Waals surface area contributed by atoms with Crippen LogP contribution >= 0.6 is 0 Å². The molecule has 1 aliphatic carbocycles. The van der Waals surface area contributed by atoms with Gasteiger partial charge in [-0.2, -0.15) is 0 Å². The van der Waals surface area contributed by atoms with Crippen LogP contribution in [0.15, 0.2) is 0 Å². The van der Waals surface area contributed by atoms with Crippen molar-refractivity contribution in [2.45, 2.75) is 79.1 Å². The van der Waals surface area contributed by atoms with Gasteiger partial charge in [-0.05, 0) is 37.5 Å². The molecule has 0 bridgehead atoms. The molecule has 0 radical (unpaired) electrons. The van der Waals surface area contributed by atoms with Gasteiger partial charge in [0.05, 0.1) is 10.8 Å². The summed E-state index contributed by atoms with van der Waals surface area (Å²) in [4.78, 5) is 24.7. The largest absolute Gasteiger partial charge is 0.481 e. The molecule has 0 aromatic heterocycles. The topological polar surface area (TPSA) is 74.6 Å². The Kier molecular flexibility index (Phi) is 6.45. The average molecular weight is 312 g/mol. The second-order valence-electron chi connectivity index (χ2n) is 7.14. The normalized spacial score (nSPS) is 35.3. The monoisotopic (exact) mass is 312 g/mol. The highest BCUT2D eigenvalue weighted by atomic mass is 16.4. The number of carboxylic acids is 2. The van der Waals surface area contributed by atoms with Gasteiger partial charge in [-0.3, -0.25) is 9.59 Å². The summed E-state index contributed by atoms with van der Waals surface area (Å²) in [6.07, 6.45) is 5.87. The number of hydrogen-bond acceptors (Lipinski definition) is 2. The molecule has 128 valence electrons. The van der Waals surface area contributed by atoms with Crippen LogP contribution in [-0.4, -0.2) is 22.2 Å². The number of hydrogen-bond donors (Lipinski definition) is 2. The molecular formula is C18H32O4. The first-order valence-corrected chi connectivity index (χ1v) is 8.78. The fourth-order valence-corrected chi connectivity index (χ4v) is 4.74. The van der Waals surface area contributed by atoms with Gasteiger partial charge in [0.2, 0.25) is 0 Å². The van der Waals surface area contributed by atoms with Crippen molar-refractivity contribution in [2.24, 2.45) is 22.7 Å². The van der Waals surface area contributed by atoms with Crippen LogP contribution < -0.4 is 0 Å². The van der Waals surface area contributed by atoms with Gasteiger partial charge in [0.1, 0.15) is 0 Å². The first-order chi connectivity index (χ1) is 10.3. The van der Waals surface area contributed by atoms with Crippen LogP contribution in [0.4, 0.5) is 0 Å². The summed E-state index contributed by atoms with van der Waals surface area (Å²) in [6.45, 7) is 7.94. The number of unbranched alkanes of at least 4 members (excludes halogenated alkanes) is 2. The number of carbonyl (C=O) groups is 2. The van der Waals surface area contributed by atoms with Crippen LogP contribution in [0.1, 0.15) is 79.1 Å². The number of carboxylic acid groups (broad SMARTS) is 2. The summed E-state index contributed by atoms with van der Waals surface area (Å²) < 4.78 is 0. The predicted molar refractivity (Wildman–Crippen MR) is 86.7 cm³/mol. The van der Waals surface area contributed by atoms with Gasteiger partial charge in [-0.15, -0.1) is 0 Å². The third-order valence-corrected chi connectivity index (χ3v) is 6.12. The molecule has 0 amide bonds. The maximum absolute atomic E-state index is 12.4. The molecule has 4 unspecified atom stereocenters. The maximum Gasteiger partial charge on any atom is 0.311 e. The SMILES string of the molecule is CCCCC1(C(=O)O)C(C)CCC(C)C1(CCCC)C(=O)O. The van der Waals surface area contributed by atoms with E-state index in [2.05, 4.69) is 0 Å². The summed E-state index contributed by atoms with van der Waals surface area (Å²) in [7, 11) is 0. The summed E-state index contributed by atoms with van der Waals surface area (Å²) in [5.41, 5.74) is -2.27. The van der Waals surface area contributed by atoms with Gasteiger partial charge in [0.25, 0.3) is 0 Å². The third kappa shape index (κ3) is 2.77. The molecule has 1 rings (SSSR count). The molecule has 2 N–H and O–H groups in total. The summed E-state index contributed by atoms with van der Waals surface area (Å²) in [5, 5.41) is 20.2. The Labute approximate surface area is 134 Å². The summed E-state index contributed by atoms with van der Waals surface area (Å²) in [5.74, 6) is -2.00. The smallest absolute Gasteiger partial charge is 0.311 e.